The summed E-state index contributed by atoms with van der Waals surface area (Å²) in [5.74, 6) is -0.270. The van der Waals surface area contributed by atoms with Crippen molar-refractivity contribution in [2.45, 2.75) is 32.9 Å². The summed E-state index contributed by atoms with van der Waals surface area (Å²) in [6.07, 6.45) is 4.18. The number of benzene rings is 2. The standard InChI is InChI=1S/C28H28N2O5/c1-4-14-35-22-11-12-23(18(2)15-22)26(31)24-25(20-7-9-21(34-3)10-8-20)30(28(33)27(24)32)17-19-6-5-13-29-16-19/h5-13,15-16,25,31H,4,14,17H2,1-3H3/b26-24-. The summed E-state index contributed by atoms with van der Waals surface area (Å²) in [7, 11) is 1.57. The molecule has 0 aliphatic carbocycles. The third kappa shape index (κ3) is 4.89. The molecule has 3 aromatic rings. The SMILES string of the molecule is CCCOc1ccc(/C(O)=C2/C(=O)C(=O)N(Cc3cccnc3)C2c2ccc(OC)cc2)c(C)c1. The lowest BCUT2D eigenvalue weighted by Gasteiger charge is -2.25. The highest BCUT2D eigenvalue weighted by Crippen LogP contribution is 2.41. The lowest BCUT2D eigenvalue weighted by Crippen LogP contribution is -2.29. The fraction of sp³-hybridized carbons (Fsp3) is 0.250. The molecular formula is C28H28N2O5. The van der Waals surface area contributed by atoms with Crippen molar-refractivity contribution in [1.29, 1.82) is 0 Å². The number of likely N-dealkylation sites (tertiary alicyclic amines) is 1. The van der Waals surface area contributed by atoms with Crippen LogP contribution in [0.25, 0.3) is 5.76 Å². The van der Waals surface area contributed by atoms with Crippen LogP contribution in [0.15, 0.2) is 72.6 Å². The molecule has 0 saturated carbocycles. The molecular weight excluding hydrogens is 444 g/mol. The van der Waals surface area contributed by atoms with Crippen molar-refractivity contribution in [3.8, 4) is 11.5 Å². The predicted molar refractivity (Wildman–Crippen MR) is 132 cm³/mol. The fourth-order valence-electron chi connectivity index (χ4n) is 4.22. The van der Waals surface area contributed by atoms with E-state index in [1.807, 2.05) is 26.0 Å². The number of aliphatic hydroxyl groups excluding tert-OH is 1. The largest absolute Gasteiger partial charge is 0.507 e. The van der Waals surface area contributed by atoms with Gasteiger partial charge in [-0.1, -0.05) is 25.1 Å². The number of hydrogen-bond donors (Lipinski definition) is 1. The van der Waals surface area contributed by atoms with Crippen LogP contribution in [0.2, 0.25) is 0 Å². The van der Waals surface area contributed by atoms with E-state index in [0.717, 1.165) is 17.5 Å². The molecule has 2 heterocycles. The van der Waals surface area contributed by atoms with Crippen LogP contribution >= 0.6 is 0 Å². The van der Waals surface area contributed by atoms with Crippen LogP contribution in [0.4, 0.5) is 0 Å². The van der Waals surface area contributed by atoms with Gasteiger partial charge in [0.15, 0.2) is 0 Å². The third-order valence-corrected chi connectivity index (χ3v) is 5.97. The Morgan fingerprint density at radius 3 is 2.46 bits per heavy atom. The van der Waals surface area contributed by atoms with Crippen molar-refractivity contribution in [3.05, 3.63) is 94.8 Å². The predicted octanol–water partition coefficient (Wildman–Crippen LogP) is 4.81. The van der Waals surface area contributed by atoms with Gasteiger partial charge < -0.3 is 19.5 Å². The van der Waals surface area contributed by atoms with Gasteiger partial charge in [-0.15, -0.1) is 0 Å². The first-order chi connectivity index (χ1) is 16.9. The first kappa shape index (κ1) is 24.0. The quantitative estimate of drug-likeness (QED) is 0.288. The van der Waals surface area contributed by atoms with Crippen molar-refractivity contribution in [2.75, 3.05) is 13.7 Å². The molecule has 1 aliphatic rings. The van der Waals surface area contributed by atoms with Crippen molar-refractivity contribution >= 4 is 17.4 Å². The summed E-state index contributed by atoms with van der Waals surface area (Å²) >= 11 is 0. The third-order valence-electron chi connectivity index (χ3n) is 5.97. The fourth-order valence-corrected chi connectivity index (χ4v) is 4.22. The summed E-state index contributed by atoms with van der Waals surface area (Å²) in [4.78, 5) is 32.1. The van der Waals surface area contributed by atoms with Gasteiger partial charge in [0.1, 0.15) is 17.3 Å². The van der Waals surface area contributed by atoms with Gasteiger partial charge in [-0.3, -0.25) is 14.6 Å². The first-order valence-electron chi connectivity index (χ1n) is 11.5. The summed E-state index contributed by atoms with van der Waals surface area (Å²) < 4.78 is 11.0. The summed E-state index contributed by atoms with van der Waals surface area (Å²) in [6, 6.07) is 15.3. The number of aryl methyl sites for hydroxylation is 1. The second-order valence-corrected chi connectivity index (χ2v) is 8.39. The molecule has 1 fully saturated rings. The second kappa shape index (κ2) is 10.4. The number of rotatable bonds is 8. The lowest BCUT2D eigenvalue weighted by atomic mass is 9.93. The molecule has 7 nitrogen and oxygen atoms in total. The van der Waals surface area contributed by atoms with Crippen molar-refractivity contribution in [1.82, 2.24) is 9.88 Å². The van der Waals surface area contributed by atoms with Gasteiger partial charge in [0.25, 0.3) is 11.7 Å². The van der Waals surface area contributed by atoms with E-state index in [1.165, 1.54) is 4.90 Å². The van der Waals surface area contributed by atoms with E-state index < -0.39 is 17.7 Å². The number of carbonyl (C=O) groups excluding carboxylic acids is 2. The molecule has 0 spiro atoms. The second-order valence-electron chi connectivity index (χ2n) is 8.39. The van der Waals surface area contributed by atoms with Gasteiger partial charge in [-0.05, 0) is 66.4 Å². The zero-order chi connectivity index (χ0) is 24.9. The molecule has 1 aromatic heterocycles. The van der Waals surface area contributed by atoms with Crippen LogP contribution in [0, 0.1) is 6.92 Å². The Kier molecular flexibility index (Phi) is 7.15. The summed E-state index contributed by atoms with van der Waals surface area (Å²) in [5, 5.41) is 11.4. The Labute approximate surface area is 204 Å². The highest BCUT2D eigenvalue weighted by molar-refractivity contribution is 6.46. The number of ether oxygens (including phenoxy) is 2. The number of amides is 1. The van der Waals surface area contributed by atoms with E-state index in [2.05, 4.69) is 4.98 Å². The van der Waals surface area contributed by atoms with Gasteiger partial charge in [-0.25, -0.2) is 0 Å². The minimum Gasteiger partial charge on any atom is -0.507 e. The van der Waals surface area contributed by atoms with Crippen LogP contribution in [0.3, 0.4) is 0 Å². The number of Topliss-reactive ketones (excluding diaryl/α,β-unsaturated/α-hetero) is 1. The van der Waals surface area contributed by atoms with Crippen LogP contribution in [-0.4, -0.2) is 40.4 Å². The molecule has 1 atom stereocenters. The molecule has 35 heavy (non-hydrogen) atoms. The monoisotopic (exact) mass is 472 g/mol. The van der Waals surface area contributed by atoms with Crippen LogP contribution in [0.1, 0.15) is 41.6 Å². The van der Waals surface area contributed by atoms with E-state index in [4.69, 9.17) is 9.47 Å². The van der Waals surface area contributed by atoms with Gasteiger partial charge >= 0.3 is 0 Å². The Balaban J connectivity index is 1.82. The summed E-state index contributed by atoms with van der Waals surface area (Å²) in [5.41, 5.74) is 2.74. The zero-order valence-corrected chi connectivity index (χ0v) is 20.0. The minimum atomic E-state index is -0.767. The molecule has 4 rings (SSSR count). The molecule has 7 heteroatoms. The molecule has 1 aliphatic heterocycles. The van der Waals surface area contributed by atoms with E-state index >= 15 is 0 Å². The molecule has 1 amide bonds. The maximum absolute atomic E-state index is 13.3. The summed E-state index contributed by atoms with van der Waals surface area (Å²) in [6.45, 7) is 4.62. The number of pyridine rings is 1. The van der Waals surface area contributed by atoms with Gasteiger partial charge in [-0.2, -0.15) is 0 Å². The number of aromatic nitrogens is 1. The molecule has 0 bridgehead atoms. The minimum absolute atomic E-state index is 0.0504. The van der Waals surface area contributed by atoms with Crippen molar-refractivity contribution in [3.63, 3.8) is 0 Å². The highest BCUT2D eigenvalue weighted by atomic mass is 16.5. The van der Waals surface area contributed by atoms with Gasteiger partial charge in [0.2, 0.25) is 0 Å². The number of aliphatic hydroxyl groups is 1. The Bertz CT molecular complexity index is 1250. The van der Waals surface area contributed by atoms with Crippen LogP contribution in [-0.2, 0) is 16.1 Å². The average Bonchev–Trinajstić information content (AvgIpc) is 3.12. The van der Waals surface area contributed by atoms with Crippen molar-refractivity contribution in [2.24, 2.45) is 0 Å². The molecule has 1 unspecified atom stereocenters. The average molecular weight is 473 g/mol. The lowest BCUT2D eigenvalue weighted by molar-refractivity contribution is -0.140. The normalized spacial score (nSPS) is 17.0. The molecule has 180 valence electrons. The number of carbonyl (C=O) groups is 2. The van der Waals surface area contributed by atoms with Crippen LogP contribution in [0.5, 0.6) is 11.5 Å². The molecule has 1 saturated heterocycles. The van der Waals surface area contributed by atoms with Gasteiger partial charge in [0, 0.05) is 24.5 Å². The maximum Gasteiger partial charge on any atom is 0.295 e. The Morgan fingerprint density at radius 1 is 1.09 bits per heavy atom. The van der Waals surface area contributed by atoms with E-state index in [0.29, 0.717) is 29.2 Å². The number of methoxy groups -OCH3 is 1. The number of hydrogen-bond acceptors (Lipinski definition) is 6. The zero-order valence-electron chi connectivity index (χ0n) is 20.0. The number of ketones is 1. The molecule has 0 radical (unpaired) electrons. The highest BCUT2D eigenvalue weighted by Gasteiger charge is 2.46. The maximum atomic E-state index is 13.3. The smallest absolute Gasteiger partial charge is 0.295 e. The van der Waals surface area contributed by atoms with E-state index in [-0.39, 0.29) is 17.9 Å². The van der Waals surface area contributed by atoms with Gasteiger partial charge in [0.05, 0.1) is 25.3 Å². The topological polar surface area (TPSA) is 89.0 Å². The molecule has 2 aromatic carbocycles. The Morgan fingerprint density at radius 2 is 1.83 bits per heavy atom. The van der Waals surface area contributed by atoms with Crippen molar-refractivity contribution < 1.29 is 24.2 Å². The number of nitrogens with zero attached hydrogens (tertiary/aromatic N) is 2. The Hall–Kier alpha value is -4.13. The first-order valence-corrected chi connectivity index (χ1v) is 11.5. The van der Waals surface area contributed by atoms with E-state index in [1.54, 1.807) is 62.0 Å². The van der Waals surface area contributed by atoms with E-state index in [9.17, 15) is 14.7 Å². The van der Waals surface area contributed by atoms with Crippen LogP contribution < -0.4 is 9.47 Å². The molecule has 1 N–H and O–H groups in total.